The topological polar surface area (TPSA) is 78.9 Å². The van der Waals surface area contributed by atoms with Crippen molar-refractivity contribution in [3.05, 3.63) is 35.9 Å². The van der Waals surface area contributed by atoms with E-state index < -0.39 is 23.8 Å². The first-order valence-electron chi connectivity index (χ1n) is 7.08. The van der Waals surface area contributed by atoms with E-state index in [1.807, 2.05) is 30.3 Å². The van der Waals surface area contributed by atoms with Gasteiger partial charge in [0.25, 0.3) is 10.1 Å². The van der Waals surface area contributed by atoms with Gasteiger partial charge in [-0.1, -0.05) is 30.3 Å². The van der Waals surface area contributed by atoms with Crippen molar-refractivity contribution in [2.45, 2.75) is 26.4 Å². The largest absolute Gasteiger partial charge is 0.333 e. The van der Waals surface area contributed by atoms with E-state index in [-0.39, 0.29) is 19.4 Å². The standard InChI is InChI=1S/C14H23O6PS/c1-4-18-21(15,19-5-2)12-14(20-22(3,16)17)11-13-9-7-6-8-10-13/h6-10,14H,4-5,11-12H2,1-3H3. The number of hydrogen-bond acceptors (Lipinski definition) is 6. The van der Waals surface area contributed by atoms with E-state index in [0.29, 0.717) is 6.42 Å². The van der Waals surface area contributed by atoms with E-state index in [0.717, 1.165) is 11.8 Å². The van der Waals surface area contributed by atoms with Crippen molar-refractivity contribution in [3.8, 4) is 0 Å². The van der Waals surface area contributed by atoms with Crippen LogP contribution >= 0.6 is 7.60 Å². The molecule has 1 aromatic rings. The molecule has 0 aliphatic heterocycles. The Labute approximate surface area is 132 Å². The summed E-state index contributed by atoms with van der Waals surface area (Å²) in [6.07, 6.45) is 0.354. The van der Waals surface area contributed by atoms with Crippen LogP contribution in [0.3, 0.4) is 0 Å². The van der Waals surface area contributed by atoms with Crippen LogP contribution in [0, 0.1) is 0 Å². The van der Waals surface area contributed by atoms with Gasteiger partial charge in [-0.25, -0.2) is 0 Å². The average Bonchev–Trinajstić information content (AvgIpc) is 2.38. The molecule has 0 radical (unpaired) electrons. The molecule has 0 aliphatic rings. The van der Waals surface area contributed by atoms with Crippen molar-refractivity contribution in [3.63, 3.8) is 0 Å². The molecule has 8 heteroatoms. The second kappa shape index (κ2) is 8.79. The van der Waals surface area contributed by atoms with Crippen LogP contribution in [0.5, 0.6) is 0 Å². The van der Waals surface area contributed by atoms with E-state index in [1.54, 1.807) is 13.8 Å². The van der Waals surface area contributed by atoms with Crippen LogP contribution in [0.25, 0.3) is 0 Å². The van der Waals surface area contributed by atoms with Gasteiger partial charge in [0, 0.05) is 6.42 Å². The van der Waals surface area contributed by atoms with Crippen molar-refractivity contribution < 1.29 is 26.2 Å². The molecule has 0 spiro atoms. The quantitative estimate of drug-likeness (QED) is 0.477. The zero-order valence-electron chi connectivity index (χ0n) is 13.1. The van der Waals surface area contributed by atoms with Crippen molar-refractivity contribution >= 4 is 17.7 Å². The molecule has 0 aliphatic carbocycles. The van der Waals surface area contributed by atoms with E-state index in [4.69, 9.17) is 13.2 Å². The molecule has 22 heavy (non-hydrogen) atoms. The minimum absolute atomic E-state index is 0.114. The highest BCUT2D eigenvalue weighted by atomic mass is 32.2. The molecule has 0 fully saturated rings. The third kappa shape index (κ3) is 7.51. The van der Waals surface area contributed by atoms with Crippen LogP contribution < -0.4 is 0 Å². The van der Waals surface area contributed by atoms with Crippen molar-refractivity contribution in [1.82, 2.24) is 0 Å². The summed E-state index contributed by atoms with van der Waals surface area (Å²) >= 11 is 0. The predicted molar refractivity (Wildman–Crippen MR) is 85.6 cm³/mol. The van der Waals surface area contributed by atoms with E-state index in [1.165, 1.54) is 0 Å². The van der Waals surface area contributed by atoms with Crippen LogP contribution in [0.15, 0.2) is 30.3 Å². The molecule has 126 valence electrons. The molecule has 0 heterocycles. The smallest absolute Gasteiger partial charge is 0.309 e. The Bertz CT molecular complexity index is 577. The second-order valence-corrected chi connectivity index (χ2v) is 8.45. The first-order valence-corrected chi connectivity index (χ1v) is 10.6. The van der Waals surface area contributed by atoms with Gasteiger partial charge in [-0.15, -0.1) is 0 Å². The summed E-state index contributed by atoms with van der Waals surface area (Å²) in [5.74, 6) is 0. The Morgan fingerprint density at radius 1 is 1.09 bits per heavy atom. The summed E-state index contributed by atoms with van der Waals surface area (Å²) in [6, 6.07) is 9.26. The van der Waals surface area contributed by atoms with Crippen LogP contribution in [-0.2, 0) is 34.3 Å². The Morgan fingerprint density at radius 3 is 2.09 bits per heavy atom. The van der Waals surface area contributed by atoms with Crippen LogP contribution in [0.2, 0.25) is 0 Å². The summed E-state index contributed by atoms with van der Waals surface area (Å²) in [5.41, 5.74) is 0.885. The first kappa shape index (κ1) is 19.3. The summed E-state index contributed by atoms with van der Waals surface area (Å²) in [7, 11) is -7.07. The fraction of sp³-hybridized carbons (Fsp3) is 0.571. The zero-order chi connectivity index (χ0) is 16.6. The molecule has 0 saturated heterocycles. The number of rotatable bonds is 10. The van der Waals surface area contributed by atoms with Gasteiger partial charge in [0.05, 0.1) is 31.7 Å². The number of benzene rings is 1. The lowest BCUT2D eigenvalue weighted by Gasteiger charge is -2.22. The molecule has 0 amide bonds. The second-order valence-electron chi connectivity index (χ2n) is 4.74. The van der Waals surface area contributed by atoms with Gasteiger partial charge < -0.3 is 9.05 Å². The van der Waals surface area contributed by atoms with Crippen LogP contribution in [0.1, 0.15) is 19.4 Å². The van der Waals surface area contributed by atoms with Gasteiger partial charge in [-0.3, -0.25) is 8.75 Å². The average molecular weight is 350 g/mol. The maximum absolute atomic E-state index is 12.6. The fourth-order valence-corrected chi connectivity index (χ4v) is 4.54. The lowest BCUT2D eigenvalue weighted by molar-refractivity contribution is 0.189. The monoisotopic (exact) mass is 350 g/mol. The highest BCUT2D eigenvalue weighted by Gasteiger charge is 2.31. The lowest BCUT2D eigenvalue weighted by atomic mass is 10.1. The van der Waals surface area contributed by atoms with Gasteiger partial charge in [0.2, 0.25) is 0 Å². The maximum Gasteiger partial charge on any atom is 0.333 e. The molecule has 1 rings (SSSR count). The molecular weight excluding hydrogens is 327 g/mol. The molecule has 0 bridgehead atoms. The Morgan fingerprint density at radius 2 is 1.64 bits per heavy atom. The molecule has 1 atom stereocenters. The van der Waals surface area contributed by atoms with Crippen LogP contribution in [0.4, 0.5) is 0 Å². The van der Waals surface area contributed by atoms with Crippen molar-refractivity contribution in [1.29, 1.82) is 0 Å². The SMILES string of the molecule is CCOP(=O)(CC(Cc1ccccc1)OS(C)(=O)=O)OCC. The molecule has 0 saturated carbocycles. The highest BCUT2D eigenvalue weighted by Crippen LogP contribution is 2.49. The van der Waals surface area contributed by atoms with Crippen molar-refractivity contribution in [2.75, 3.05) is 25.6 Å². The molecule has 0 aromatic heterocycles. The zero-order valence-corrected chi connectivity index (χ0v) is 14.8. The van der Waals surface area contributed by atoms with Gasteiger partial charge in [-0.05, 0) is 19.4 Å². The molecule has 1 aromatic carbocycles. The molecule has 1 unspecified atom stereocenters. The third-order valence-electron chi connectivity index (χ3n) is 2.70. The van der Waals surface area contributed by atoms with E-state index in [9.17, 15) is 13.0 Å². The van der Waals surface area contributed by atoms with Crippen molar-refractivity contribution in [2.24, 2.45) is 0 Å². The number of hydrogen-bond donors (Lipinski definition) is 0. The van der Waals surface area contributed by atoms with Gasteiger partial charge >= 0.3 is 7.60 Å². The van der Waals surface area contributed by atoms with Gasteiger partial charge in [0.15, 0.2) is 0 Å². The maximum atomic E-state index is 12.6. The van der Waals surface area contributed by atoms with Crippen LogP contribution in [-0.4, -0.2) is 40.2 Å². The minimum Gasteiger partial charge on any atom is -0.309 e. The van der Waals surface area contributed by atoms with Gasteiger partial charge in [0.1, 0.15) is 0 Å². The Balaban J connectivity index is 2.91. The fourth-order valence-electron chi connectivity index (χ4n) is 2.04. The Hall–Kier alpha value is -0.720. The summed E-state index contributed by atoms with van der Waals surface area (Å²) in [4.78, 5) is 0. The predicted octanol–water partition coefficient (Wildman–Crippen LogP) is 2.84. The molecular formula is C14H23O6PS. The molecule has 0 N–H and O–H groups in total. The summed E-state index contributed by atoms with van der Waals surface area (Å²) in [6.45, 7) is 3.84. The summed E-state index contributed by atoms with van der Waals surface area (Å²) < 4.78 is 51.0. The van der Waals surface area contributed by atoms with E-state index >= 15 is 0 Å². The third-order valence-corrected chi connectivity index (χ3v) is 5.48. The van der Waals surface area contributed by atoms with E-state index in [2.05, 4.69) is 0 Å². The van der Waals surface area contributed by atoms with Gasteiger partial charge in [-0.2, -0.15) is 8.42 Å². The molecule has 6 nitrogen and oxygen atoms in total. The summed E-state index contributed by atoms with van der Waals surface area (Å²) in [5, 5.41) is 0. The minimum atomic E-state index is -3.68. The first-order chi connectivity index (χ1) is 10.3. The lowest BCUT2D eigenvalue weighted by Crippen LogP contribution is -2.25. The highest BCUT2D eigenvalue weighted by molar-refractivity contribution is 7.86. The Kier molecular flexibility index (Phi) is 7.72. The normalized spacial score (nSPS) is 14.0.